The molecule has 1 aromatic rings. The van der Waals surface area contributed by atoms with Crippen molar-refractivity contribution in [3.8, 4) is 0 Å². The number of hydrogen-bond acceptors (Lipinski definition) is 3. The first kappa shape index (κ1) is 9.40. The van der Waals surface area contributed by atoms with Crippen molar-refractivity contribution in [3.05, 3.63) is 33.9 Å². The van der Waals surface area contributed by atoms with Gasteiger partial charge >= 0.3 is 5.97 Å². The fourth-order valence-electron chi connectivity index (χ4n) is 0.846. The Hall–Kier alpha value is -1.69. The summed E-state index contributed by atoms with van der Waals surface area (Å²) in [5.41, 5.74) is -0.821. The highest BCUT2D eigenvalue weighted by Crippen LogP contribution is 2.21. The predicted molar refractivity (Wildman–Crippen MR) is 45.9 cm³/mol. The van der Waals surface area contributed by atoms with Crippen molar-refractivity contribution in [2.75, 3.05) is 0 Å². The SMILES string of the molecule is O=C(O)c1cc([S])ccc1[N+](=O)[O-]. The summed E-state index contributed by atoms with van der Waals surface area (Å²) < 4.78 is 0. The van der Waals surface area contributed by atoms with Crippen molar-refractivity contribution in [2.45, 2.75) is 4.90 Å². The molecular formula is C7H4NO4S. The molecule has 0 atom stereocenters. The van der Waals surface area contributed by atoms with Crippen LogP contribution < -0.4 is 0 Å². The molecule has 6 heteroatoms. The molecule has 0 saturated heterocycles. The second kappa shape index (κ2) is 3.36. The maximum absolute atomic E-state index is 10.5. The van der Waals surface area contributed by atoms with Gasteiger partial charge in [-0.25, -0.2) is 4.79 Å². The lowest BCUT2D eigenvalue weighted by molar-refractivity contribution is -0.385. The van der Waals surface area contributed by atoms with Gasteiger partial charge in [0.25, 0.3) is 5.69 Å². The second-order valence-corrected chi connectivity index (χ2v) is 2.71. The maximum atomic E-state index is 10.5. The molecule has 1 aromatic carbocycles. The van der Waals surface area contributed by atoms with Gasteiger partial charge in [-0.15, -0.1) is 0 Å². The highest BCUT2D eigenvalue weighted by molar-refractivity contribution is 7.80. The zero-order chi connectivity index (χ0) is 10.0. The third-order valence-corrected chi connectivity index (χ3v) is 1.65. The summed E-state index contributed by atoms with van der Waals surface area (Å²) in [4.78, 5) is 20.4. The number of benzene rings is 1. The third-order valence-electron chi connectivity index (χ3n) is 1.40. The molecule has 0 aliphatic rings. The smallest absolute Gasteiger partial charge is 0.342 e. The number of nitro groups is 1. The highest BCUT2D eigenvalue weighted by atomic mass is 32.1. The molecule has 1 rings (SSSR count). The number of carboxylic acid groups (broad SMARTS) is 1. The van der Waals surface area contributed by atoms with E-state index in [1.54, 1.807) is 0 Å². The molecule has 0 spiro atoms. The fourth-order valence-corrected chi connectivity index (χ4v) is 1.03. The summed E-state index contributed by atoms with van der Waals surface area (Å²) >= 11 is 4.68. The van der Waals surface area contributed by atoms with E-state index in [1.807, 2.05) is 0 Å². The van der Waals surface area contributed by atoms with Crippen LogP contribution in [0.25, 0.3) is 0 Å². The molecule has 0 fully saturated rings. The first-order valence-corrected chi connectivity index (χ1v) is 3.62. The molecule has 5 nitrogen and oxygen atoms in total. The predicted octanol–water partition coefficient (Wildman–Crippen LogP) is 1.85. The Bertz CT molecular complexity index is 377. The van der Waals surface area contributed by atoms with E-state index >= 15 is 0 Å². The zero-order valence-corrected chi connectivity index (χ0v) is 7.08. The van der Waals surface area contributed by atoms with Gasteiger partial charge in [0.15, 0.2) is 0 Å². The number of carbonyl (C=O) groups is 1. The molecule has 13 heavy (non-hydrogen) atoms. The van der Waals surface area contributed by atoms with Crippen molar-refractivity contribution in [3.63, 3.8) is 0 Å². The Morgan fingerprint density at radius 3 is 2.62 bits per heavy atom. The van der Waals surface area contributed by atoms with E-state index in [-0.39, 0.29) is 10.5 Å². The number of rotatable bonds is 2. The van der Waals surface area contributed by atoms with E-state index in [1.165, 1.54) is 6.07 Å². The van der Waals surface area contributed by atoms with E-state index in [9.17, 15) is 14.9 Å². The first-order valence-electron chi connectivity index (χ1n) is 3.21. The molecular weight excluding hydrogens is 194 g/mol. The molecule has 0 amide bonds. The van der Waals surface area contributed by atoms with Gasteiger partial charge in [0.1, 0.15) is 5.56 Å². The third kappa shape index (κ3) is 1.91. The first-order chi connectivity index (χ1) is 6.02. The topological polar surface area (TPSA) is 80.4 Å². The number of nitro benzene ring substituents is 1. The lowest BCUT2D eigenvalue weighted by Gasteiger charge is -1.97. The van der Waals surface area contributed by atoms with Gasteiger partial charge in [-0.2, -0.15) is 0 Å². The Labute approximate surface area is 78.6 Å². The van der Waals surface area contributed by atoms with Gasteiger partial charge in [-0.05, 0) is 12.1 Å². The molecule has 0 unspecified atom stereocenters. The zero-order valence-electron chi connectivity index (χ0n) is 6.26. The van der Waals surface area contributed by atoms with Gasteiger partial charge in [-0.3, -0.25) is 10.1 Å². The summed E-state index contributed by atoms with van der Waals surface area (Å²) in [6.07, 6.45) is 0. The van der Waals surface area contributed by atoms with Crippen molar-refractivity contribution in [1.29, 1.82) is 0 Å². The van der Waals surface area contributed by atoms with Crippen molar-refractivity contribution < 1.29 is 14.8 Å². The van der Waals surface area contributed by atoms with Crippen LogP contribution in [0.1, 0.15) is 10.4 Å². The van der Waals surface area contributed by atoms with Crippen molar-refractivity contribution in [2.24, 2.45) is 0 Å². The van der Waals surface area contributed by atoms with Crippen LogP contribution in [0.3, 0.4) is 0 Å². The number of hydrogen-bond donors (Lipinski definition) is 1. The van der Waals surface area contributed by atoms with Gasteiger partial charge in [0, 0.05) is 11.0 Å². The van der Waals surface area contributed by atoms with E-state index in [2.05, 4.69) is 12.6 Å². The molecule has 0 aliphatic heterocycles. The minimum atomic E-state index is -1.35. The van der Waals surface area contributed by atoms with Crippen LogP contribution in [0.4, 0.5) is 5.69 Å². The highest BCUT2D eigenvalue weighted by Gasteiger charge is 2.19. The average molecular weight is 198 g/mol. The van der Waals surface area contributed by atoms with Crippen LogP contribution >= 0.6 is 12.6 Å². The normalized spacial score (nSPS) is 9.54. The molecule has 67 valence electrons. The van der Waals surface area contributed by atoms with Gasteiger partial charge in [0.05, 0.1) is 4.92 Å². The van der Waals surface area contributed by atoms with E-state index in [4.69, 9.17) is 5.11 Å². The standard InChI is InChI=1S/C7H4NO4S/c9-7(10)5-3-4(13)1-2-6(5)8(11)12/h1-3H,(H,9,10). The second-order valence-electron chi connectivity index (χ2n) is 2.24. The van der Waals surface area contributed by atoms with Crippen LogP contribution in [0, 0.1) is 10.1 Å². The minimum Gasteiger partial charge on any atom is -0.477 e. The lowest BCUT2D eigenvalue weighted by Crippen LogP contribution is -2.02. The van der Waals surface area contributed by atoms with E-state index in [0.717, 1.165) is 12.1 Å². The molecule has 0 aliphatic carbocycles. The average Bonchev–Trinajstić information content (AvgIpc) is 2.03. The summed E-state index contributed by atoms with van der Waals surface area (Å²) in [5.74, 6) is -1.35. The Kier molecular flexibility index (Phi) is 2.43. The Balaban J connectivity index is 3.35. The van der Waals surface area contributed by atoms with Crippen LogP contribution in [0.5, 0.6) is 0 Å². The monoisotopic (exact) mass is 198 g/mol. The molecule has 0 aromatic heterocycles. The maximum Gasteiger partial charge on any atom is 0.342 e. The number of nitrogens with zero attached hydrogens (tertiary/aromatic N) is 1. The van der Waals surface area contributed by atoms with Crippen molar-refractivity contribution >= 4 is 24.3 Å². The minimum absolute atomic E-state index is 0.267. The van der Waals surface area contributed by atoms with Crippen LogP contribution in [-0.2, 0) is 0 Å². The van der Waals surface area contributed by atoms with Crippen LogP contribution in [0.15, 0.2) is 23.1 Å². The quantitative estimate of drug-likeness (QED) is 0.580. The summed E-state index contributed by atoms with van der Waals surface area (Å²) in [5, 5.41) is 18.9. The molecule has 1 radical (unpaired) electrons. The van der Waals surface area contributed by atoms with Gasteiger partial charge in [0.2, 0.25) is 0 Å². The van der Waals surface area contributed by atoms with Crippen LogP contribution in [-0.4, -0.2) is 16.0 Å². The summed E-state index contributed by atoms with van der Waals surface area (Å²) in [6, 6.07) is 3.50. The van der Waals surface area contributed by atoms with Crippen molar-refractivity contribution in [1.82, 2.24) is 0 Å². The molecule has 1 N–H and O–H groups in total. The Morgan fingerprint density at radius 1 is 1.54 bits per heavy atom. The van der Waals surface area contributed by atoms with Gasteiger partial charge < -0.3 is 5.11 Å². The summed E-state index contributed by atoms with van der Waals surface area (Å²) in [7, 11) is 0. The van der Waals surface area contributed by atoms with Gasteiger partial charge in [-0.1, -0.05) is 12.6 Å². The van der Waals surface area contributed by atoms with Crippen LogP contribution in [0.2, 0.25) is 0 Å². The molecule has 0 bridgehead atoms. The largest absolute Gasteiger partial charge is 0.477 e. The Morgan fingerprint density at radius 2 is 2.15 bits per heavy atom. The van der Waals surface area contributed by atoms with E-state index < -0.39 is 16.6 Å². The fraction of sp³-hybridized carbons (Fsp3) is 0. The van der Waals surface area contributed by atoms with E-state index in [0.29, 0.717) is 0 Å². The summed E-state index contributed by atoms with van der Waals surface area (Å²) in [6.45, 7) is 0. The molecule has 0 heterocycles. The lowest BCUT2D eigenvalue weighted by atomic mass is 10.2. The number of aromatic carboxylic acids is 1. The molecule has 0 saturated carbocycles. The number of carboxylic acids is 1.